The average Bonchev–Trinajstić information content (AvgIpc) is 2.30. The van der Waals surface area contributed by atoms with Gasteiger partial charge in [0.15, 0.2) is 0 Å². The van der Waals surface area contributed by atoms with Crippen LogP contribution in [0.5, 0.6) is 0 Å². The van der Waals surface area contributed by atoms with Gasteiger partial charge in [0, 0.05) is 38.4 Å². The van der Waals surface area contributed by atoms with E-state index in [1.54, 1.807) is 0 Å². The molecule has 2 saturated heterocycles. The molecule has 5 nitrogen and oxygen atoms in total. The molecule has 0 saturated carbocycles. The highest BCUT2D eigenvalue weighted by molar-refractivity contribution is 5.71. The topological polar surface area (TPSA) is 67.6 Å². The number of urea groups is 1. The molecule has 0 radical (unpaired) electrons. The second-order valence-corrected chi connectivity index (χ2v) is 4.66. The molecule has 0 aromatic carbocycles. The monoisotopic (exact) mass is 227 g/mol. The number of likely N-dealkylation sites (tertiary alicyclic amines) is 1. The minimum atomic E-state index is -0.399. The Bertz CT molecular complexity index is 233. The first-order valence-corrected chi connectivity index (χ1v) is 6.13. The van der Waals surface area contributed by atoms with Gasteiger partial charge in [-0.2, -0.15) is 0 Å². The molecule has 3 N–H and O–H groups in total. The molecular weight excluding hydrogens is 206 g/mol. The SMILES string of the molecule is NC(=O)NC1CCN(C2CCOCC2)CC1. The highest BCUT2D eigenvalue weighted by Gasteiger charge is 2.26. The van der Waals surface area contributed by atoms with Crippen LogP contribution < -0.4 is 11.1 Å². The predicted molar refractivity (Wildman–Crippen MR) is 61.2 cm³/mol. The Kier molecular flexibility index (Phi) is 4.01. The highest BCUT2D eigenvalue weighted by Crippen LogP contribution is 2.19. The normalized spacial score (nSPS) is 25.5. The lowest BCUT2D eigenvalue weighted by molar-refractivity contribution is 0.0244. The third kappa shape index (κ3) is 3.09. The maximum absolute atomic E-state index is 10.7. The van der Waals surface area contributed by atoms with Crippen LogP contribution in [0.4, 0.5) is 4.79 Å². The Morgan fingerprint density at radius 2 is 1.81 bits per heavy atom. The highest BCUT2D eigenvalue weighted by atomic mass is 16.5. The molecule has 5 heteroatoms. The number of primary amides is 1. The van der Waals surface area contributed by atoms with Crippen LogP contribution in [0.1, 0.15) is 25.7 Å². The molecule has 0 aromatic rings. The van der Waals surface area contributed by atoms with Gasteiger partial charge in [-0.05, 0) is 25.7 Å². The molecule has 16 heavy (non-hydrogen) atoms. The van der Waals surface area contributed by atoms with E-state index in [1.165, 1.54) is 0 Å². The molecule has 0 aliphatic carbocycles. The lowest BCUT2D eigenvalue weighted by Crippen LogP contribution is -2.50. The van der Waals surface area contributed by atoms with Crippen LogP contribution in [-0.2, 0) is 4.74 Å². The summed E-state index contributed by atoms with van der Waals surface area (Å²) in [6, 6.07) is 0.557. The molecule has 2 aliphatic heterocycles. The zero-order valence-corrected chi connectivity index (χ0v) is 9.65. The van der Waals surface area contributed by atoms with Crippen LogP contribution in [-0.4, -0.2) is 49.3 Å². The van der Waals surface area contributed by atoms with Crippen molar-refractivity contribution in [3.05, 3.63) is 0 Å². The summed E-state index contributed by atoms with van der Waals surface area (Å²) in [6.07, 6.45) is 4.32. The number of hydrogen-bond donors (Lipinski definition) is 2. The van der Waals surface area contributed by atoms with Gasteiger partial charge in [-0.1, -0.05) is 0 Å². The maximum Gasteiger partial charge on any atom is 0.312 e. The van der Waals surface area contributed by atoms with Crippen molar-refractivity contribution in [2.75, 3.05) is 26.3 Å². The van der Waals surface area contributed by atoms with Gasteiger partial charge < -0.3 is 20.7 Å². The fourth-order valence-electron chi connectivity index (χ4n) is 2.66. The molecule has 2 rings (SSSR count). The number of amides is 2. The van der Waals surface area contributed by atoms with Crippen molar-refractivity contribution >= 4 is 6.03 Å². The average molecular weight is 227 g/mol. The fraction of sp³-hybridized carbons (Fsp3) is 0.909. The second-order valence-electron chi connectivity index (χ2n) is 4.66. The summed E-state index contributed by atoms with van der Waals surface area (Å²) in [5, 5.41) is 2.79. The number of nitrogens with one attached hydrogen (secondary N) is 1. The van der Waals surface area contributed by atoms with E-state index < -0.39 is 6.03 Å². The van der Waals surface area contributed by atoms with Crippen LogP contribution in [0, 0.1) is 0 Å². The minimum absolute atomic E-state index is 0.272. The van der Waals surface area contributed by atoms with E-state index in [0.717, 1.165) is 52.0 Å². The first-order valence-electron chi connectivity index (χ1n) is 6.13. The van der Waals surface area contributed by atoms with Crippen LogP contribution in [0.25, 0.3) is 0 Å². The third-order valence-electron chi connectivity index (χ3n) is 3.58. The summed E-state index contributed by atoms with van der Waals surface area (Å²) in [4.78, 5) is 13.3. The lowest BCUT2D eigenvalue weighted by Gasteiger charge is -2.39. The van der Waals surface area contributed by atoms with E-state index in [1.807, 2.05) is 0 Å². The number of piperidine rings is 1. The predicted octanol–water partition coefficient (Wildman–Crippen LogP) is 0.298. The Morgan fingerprint density at radius 3 is 2.38 bits per heavy atom. The van der Waals surface area contributed by atoms with Crippen molar-refractivity contribution < 1.29 is 9.53 Å². The molecule has 0 unspecified atom stereocenters. The van der Waals surface area contributed by atoms with E-state index in [9.17, 15) is 4.79 Å². The summed E-state index contributed by atoms with van der Waals surface area (Å²) < 4.78 is 5.36. The Labute approximate surface area is 96.3 Å². The van der Waals surface area contributed by atoms with Crippen molar-refractivity contribution in [2.24, 2.45) is 5.73 Å². The largest absolute Gasteiger partial charge is 0.381 e. The van der Waals surface area contributed by atoms with Crippen molar-refractivity contribution in [3.63, 3.8) is 0 Å². The number of carbonyl (C=O) groups excluding carboxylic acids is 1. The summed E-state index contributed by atoms with van der Waals surface area (Å²) in [7, 11) is 0. The number of nitrogens with two attached hydrogens (primary N) is 1. The van der Waals surface area contributed by atoms with Gasteiger partial charge in [0.1, 0.15) is 0 Å². The summed E-state index contributed by atoms with van der Waals surface area (Å²) in [5.74, 6) is 0. The molecule has 2 aliphatic rings. The van der Waals surface area contributed by atoms with E-state index in [4.69, 9.17) is 10.5 Å². The zero-order chi connectivity index (χ0) is 11.4. The molecule has 0 atom stereocenters. The van der Waals surface area contributed by atoms with Gasteiger partial charge in [-0.25, -0.2) is 4.79 Å². The van der Waals surface area contributed by atoms with Crippen LogP contribution in [0.2, 0.25) is 0 Å². The minimum Gasteiger partial charge on any atom is -0.381 e. The summed E-state index contributed by atoms with van der Waals surface area (Å²) in [5.41, 5.74) is 5.12. The Morgan fingerprint density at radius 1 is 1.19 bits per heavy atom. The number of carbonyl (C=O) groups is 1. The standard InChI is InChI=1S/C11H21N3O2/c12-11(15)13-9-1-5-14(6-2-9)10-3-7-16-8-4-10/h9-10H,1-8H2,(H3,12,13,15). The van der Waals surface area contributed by atoms with Gasteiger partial charge in [0.05, 0.1) is 0 Å². The molecule has 2 heterocycles. The van der Waals surface area contributed by atoms with E-state index in [-0.39, 0.29) is 6.04 Å². The molecule has 2 amide bonds. The summed E-state index contributed by atoms with van der Waals surface area (Å²) in [6.45, 7) is 3.92. The van der Waals surface area contributed by atoms with Gasteiger partial charge >= 0.3 is 6.03 Å². The molecule has 0 bridgehead atoms. The van der Waals surface area contributed by atoms with Crippen LogP contribution >= 0.6 is 0 Å². The fourth-order valence-corrected chi connectivity index (χ4v) is 2.66. The van der Waals surface area contributed by atoms with Crippen molar-refractivity contribution in [3.8, 4) is 0 Å². The van der Waals surface area contributed by atoms with Crippen molar-refractivity contribution in [1.29, 1.82) is 0 Å². The first kappa shape index (κ1) is 11.7. The smallest absolute Gasteiger partial charge is 0.312 e. The van der Waals surface area contributed by atoms with Gasteiger partial charge in [0.2, 0.25) is 0 Å². The molecule has 2 fully saturated rings. The van der Waals surface area contributed by atoms with Gasteiger partial charge in [0.25, 0.3) is 0 Å². The molecule has 0 aromatic heterocycles. The van der Waals surface area contributed by atoms with E-state index in [2.05, 4.69) is 10.2 Å². The van der Waals surface area contributed by atoms with Gasteiger partial charge in [-0.15, -0.1) is 0 Å². The number of ether oxygens (including phenoxy) is 1. The van der Waals surface area contributed by atoms with Gasteiger partial charge in [-0.3, -0.25) is 0 Å². The Hall–Kier alpha value is -0.810. The summed E-state index contributed by atoms with van der Waals surface area (Å²) >= 11 is 0. The molecule has 0 spiro atoms. The maximum atomic E-state index is 10.7. The molecule has 92 valence electrons. The lowest BCUT2D eigenvalue weighted by atomic mass is 10.00. The molecular formula is C11H21N3O2. The van der Waals surface area contributed by atoms with E-state index in [0.29, 0.717) is 6.04 Å². The quantitative estimate of drug-likeness (QED) is 0.713. The number of rotatable bonds is 2. The van der Waals surface area contributed by atoms with Crippen molar-refractivity contribution in [1.82, 2.24) is 10.2 Å². The zero-order valence-electron chi connectivity index (χ0n) is 9.65. The number of hydrogen-bond acceptors (Lipinski definition) is 3. The second kappa shape index (κ2) is 5.50. The van der Waals surface area contributed by atoms with E-state index >= 15 is 0 Å². The van der Waals surface area contributed by atoms with Crippen LogP contribution in [0.15, 0.2) is 0 Å². The first-order chi connectivity index (χ1) is 7.75. The van der Waals surface area contributed by atoms with Crippen molar-refractivity contribution in [2.45, 2.75) is 37.8 Å². The van der Waals surface area contributed by atoms with Crippen LogP contribution in [0.3, 0.4) is 0 Å². The number of nitrogens with zero attached hydrogens (tertiary/aromatic N) is 1. The Balaban J connectivity index is 1.73. The third-order valence-corrected chi connectivity index (χ3v) is 3.58.